The predicted molar refractivity (Wildman–Crippen MR) is 74.0 cm³/mol. The van der Waals surface area contributed by atoms with Crippen molar-refractivity contribution in [3.8, 4) is 5.69 Å². The number of para-hydroxylation sites is 1. The summed E-state index contributed by atoms with van der Waals surface area (Å²) in [5.41, 5.74) is 2.12. The van der Waals surface area contributed by atoms with E-state index in [0.717, 1.165) is 37.3 Å². The number of nitrogens with one attached hydrogen (secondary N) is 1. The lowest BCUT2D eigenvalue weighted by molar-refractivity contribution is 0.0429. The Hall–Kier alpha value is -1.65. The van der Waals surface area contributed by atoms with E-state index in [0.29, 0.717) is 5.92 Å². The van der Waals surface area contributed by atoms with Crippen molar-refractivity contribution in [1.29, 1.82) is 0 Å². The van der Waals surface area contributed by atoms with Gasteiger partial charge in [0.1, 0.15) is 0 Å². The molecule has 3 rings (SSSR count). The zero-order valence-corrected chi connectivity index (χ0v) is 10.9. The van der Waals surface area contributed by atoms with E-state index < -0.39 is 0 Å². The van der Waals surface area contributed by atoms with Gasteiger partial charge in [0.25, 0.3) is 0 Å². The van der Waals surface area contributed by atoms with Crippen LogP contribution in [0.3, 0.4) is 0 Å². The highest BCUT2D eigenvalue weighted by atomic mass is 16.3. The Balaban J connectivity index is 1.51. The molecular weight excluding hydrogens is 238 g/mol. The summed E-state index contributed by atoms with van der Waals surface area (Å²) in [6, 6.07) is 12.1. The summed E-state index contributed by atoms with van der Waals surface area (Å²) in [6.45, 7) is 1.75. The first-order valence-electron chi connectivity index (χ1n) is 6.80. The van der Waals surface area contributed by atoms with Crippen molar-refractivity contribution >= 4 is 0 Å². The Morgan fingerprint density at radius 2 is 2.00 bits per heavy atom. The fourth-order valence-corrected chi connectivity index (χ4v) is 2.45. The van der Waals surface area contributed by atoms with Gasteiger partial charge in [-0.3, -0.25) is 0 Å². The number of rotatable bonds is 5. The third-order valence-electron chi connectivity index (χ3n) is 3.61. The average molecular weight is 257 g/mol. The number of hydrogen-bond acceptors (Lipinski definition) is 3. The molecule has 1 aliphatic carbocycles. The van der Waals surface area contributed by atoms with E-state index >= 15 is 0 Å². The van der Waals surface area contributed by atoms with Gasteiger partial charge in [-0.2, -0.15) is 5.10 Å². The highest BCUT2D eigenvalue weighted by Gasteiger charge is 2.26. The van der Waals surface area contributed by atoms with Gasteiger partial charge in [0.05, 0.1) is 17.5 Å². The number of aliphatic hydroxyl groups excluding tert-OH is 1. The lowest BCUT2D eigenvalue weighted by Crippen LogP contribution is -2.35. The number of aromatic nitrogens is 2. The second-order valence-electron chi connectivity index (χ2n) is 5.21. The van der Waals surface area contributed by atoms with Crippen LogP contribution in [0.15, 0.2) is 42.6 Å². The van der Waals surface area contributed by atoms with E-state index in [1.165, 1.54) is 0 Å². The quantitative estimate of drug-likeness (QED) is 0.857. The van der Waals surface area contributed by atoms with Crippen LogP contribution >= 0.6 is 0 Å². The predicted octanol–water partition coefficient (Wildman–Crippen LogP) is 1.73. The smallest absolute Gasteiger partial charge is 0.0766 e. The SMILES string of the molecule is OC1CC(CNCc2ccn(-c3ccccc3)n2)C1. The molecule has 1 aromatic heterocycles. The van der Waals surface area contributed by atoms with Crippen molar-refractivity contribution in [2.75, 3.05) is 6.54 Å². The van der Waals surface area contributed by atoms with Gasteiger partial charge in [-0.15, -0.1) is 0 Å². The van der Waals surface area contributed by atoms with Crippen molar-refractivity contribution in [2.45, 2.75) is 25.5 Å². The van der Waals surface area contributed by atoms with Gasteiger partial charge in [-0.25, -0.2) is 4.68 Å². The Kier molecular flexibility index (Phi) is 3.62. The third kappa shape index (κ3) is 3.03. The maximum atomic E-state index is 9.22. The molecule has 0 radical (unpaired) electrons. The van der Waals surface area contributed by atoms with Gasteiger partial charge in [0.15, 0.2) is 0 Å². The minimum absolute atomic E-state index is 0.0657. The third-order valence-corrected chi connectivity index (χ3v) is 3.61. The molecule has 2 N–H and O–H groups in total. The van der Waals surface area contributed by atoms with Gasteiger partial charge >= 0.3 is 0 Å². The Morgan fingerprint density at radius 1 is 1.21 bits per heavy atom. The lowest BCUT2D eigenvalue weighted by atomic mass is 9.82. The Labute approximate surface area is 113 Å². The van der Waals surface area contributed by atoms with Crippen LogP contribution in [0.5, 0.6) is 0 Å². The molecule has 0 amide bonds. The molecular formula is C15H19N3O. The molecule has 0 unspecified atom stereocenters. The second kappa shape index (κ2) is 5.55. The van der Waals surface area contributed by atoms with Crippen LogP contribution in [0, 0.1) is 5.92 Å². The molecule has 4 nitrogen and oxygen atoms in total. The van der Waals surface area contributed by atoms with E-state index in [2.05, 4.69) is 10.4 Å². The van der Waals surface area contributed by atoms with Gasteiger partial charge in [-0.1, -0.05) is 18.2 Å². The summed E-state index contributed by atoms with van der Waals surface area (Å²) in [5, 5.41) is 17.2. The highest BCUT2D eigenvalue weighted by Crippen LogP contribution is 2.26. The summed E-state index contributed by atoms with van der Waals surface area (Å²) in [4.78, 5) is 0. The first-order chi connectivity index (χ1) is 9.31. The van der Waals surface area contributed by atoms with Crippen molar-refractivity contribution in [2.24, 2.45) is 5.92 Å². The fourth-order valence-electron chi connectivity index (χ4n) is 2.45. The fraction of sp³-hybridized carbons (Fsp3) is 0.400. The van der Waals surface area contributed by atoms with Crippen LogP contribution in [-0.4, -0.2) is 27.5 Å². The van der Waals surface area contributed by atoms with E-state index in [4.69, 9.17) is 0 Å². The number of aliphatic hydroxyl groups is 1. The summed E-state index contributed by atoms with van der Waals surface area (Å²) < 4.78 is 1.89. The molecule has 1 aromatic carbocycles. The zero-order valence-electron chi connectivity index (χ0n) is 10.9. The Morgan fingerprint density at radius 3 is 2.74 bits per heavy atom. The molecule has 1 aliphatic rings. The molecule has 1 fully saturated rings. The van der Waals surface area contributed by atoms with Gasteiger partial charge in [0, 0.05) is 12.7 Å². The molecule has 19 heavy (non-hydrogen) atoms. The van der Waals surface area contributed by atoms with Crippen LogP contribution in [0.4, 0.5) is 0 Å². The molecule has 0 saturated heterocycles. The van der Waals surface area contributed by atoms with Crippen LogP contribution in [0.25, 0.3) is 5.69 Å². The van der Waals surface area contributed by atoms with E-state index in [1.54, 1.807) is 0 Å². The van der Waals surface area contributed by atoms with Crippen molar-refractivity contribution < 1.29 is 5.11 Å². The van der Waals surface area contributed by atoms with Crippen molar-refractivity contribution in [3.05, 3.63) is 48.3 Å². The van der Waals surface area contributed by atoms with Gasteiger partial charge in [0.2, 0.25) is 0 Å². The number of nitrogens with zero attached hydrogens (tertiary/aromatic N) is 2. The molecule has 2 aromatic rings. The minimum atomic E-state index is -0.0657. The van der Waals surface area contributed by atoms with Crippen LogP contribution < -0.4 is 5.32 Å². The maximum absolute atomic E-state index is 9.22. The molecule has 4 heteroatoms. The molecule has 0 atom stereocenters. The molecule has 100 valence electrons. The summed E-state index contributed by atoms with van der Waals surface area (Å²) in [7, 11) is 0. The average Bonchev–Trinajstić information content (AvgIpc) is 2.86. The molecule has 1 heterocycles. The molecule has 0 spiro atoms. The Bertz CT molecular complexity index is 517. The molecule has 0 aliphatic heterocycles. The van der Waals surface area contributed by atoms with Crippen molar-refractivity contribution in [1.82, 2.24) is 15.1 Å². The first kappa shape index (κ1) is 12.4. The first-order valence-corrected chi connectivity index (χ1v) is 6.80. The van der Waals surface area contributed by atoms with Crippen LogP contribution in [0.1, 0.15) is 18.5 Å². The summed E-state index contributed by atoms with van der Waals surface area (Å²) in [5.74, 6) is 0.631. The topological polar surface area (TPSA) is 50.1 Å². The number of benzene rings is 1. The number of hydrogen-bond donors (Lipinski definition) is 2. The van der Waals surface area contributed by atoms with Crippen LogP contribution in [-0.2, 0) is 6.54 Å². The normalized spacial score (nSPS) is 22.2. The van der Waals surface area contributed by atoms with Gasteiger partial charge < -0.3 is 10.4 Å². The second-order valence-corrected chi connectivity index (χ2v) is 5.21. The maximum Gasteiger partial charge on any atom is 0.0766 e. The van der Waals surface area contributed by atoms with E-state index in [-0.39, 0.29) is 6.10 Å². The molecule has 1 saturated carbocycles. The standard InChI is InChI=1S/C15H19N3O/c19-15-8-12(9-15)10-16-11-13-6-7-18(17-13)14-4-2-1-3-5-14/h1-7,12,15-16,19H,8-11H2. The summed E-state index contributed by atoms with van der Waals surface area (Å²) >= 11 is 0. The largest absolute Gasteiger partial charge is 0.393 e. The summed E-state index contributed by atoms with van der Waals surface area (Å²) in [6.07, 6.45) is 3.79. The van der Waals surface area contributed by atoms with Crippen molar-refractivity contribution in [3.63, 3.8) is 0 Å². The lowest BCUT2D eigenvalue weighted by Gasteiger charge is -2.31. The highest BCUT2D eigenvalue weighted by molar-refractivity contribution is 5.30. The minimum Gasteiger partial charge on any atom is -0.393 e. The van der Waals surface area contributed by atoms with E-state index in [9.17, 15) is 5.11 Å². The van der Waals surface area contributed by atoms with Crippen LogP contribution in [0.2, 0.25) is 0 Å². The van der Waals surface area contributed by atoms with Gasteiger partial charge in [-0.05, 0) is 43.5 Å². The monoisotopic (exact) mass is 257 g/mol. The van der Waals surface area contributed by atoms with E-state index in [1.807, 2.05) is 47.3 Å². The molecule has 0 bridgehead atoms. The zero-order chi connectivity index (χ0) is 13.1.